The van der Waals surface area contributed by atoms with Crippen molar-refractivity contribution in [2.24, 2.45) is 0 Å². The molecule has 2 heterocycles. The quantitative estimate of drug-likeness (QED) is 0.677. The van der Waals surface area contributed by atoms with E-state index in [1.165, 1.54) is 0 Å². The number of hydrogen-bond acceptors (Lipinski definition) is 4. The summed E-state index contributed by atoms with van der Waals surface area (Å²) in [5.74, 6) is 1.33. The van der Waals surface area contributed by atoms with Crippen molar-refractivity contribution in [3.8, 4) is 0 Å². The van der Waals surface area contributed by atoms with E-state index in [4.69, 9.17) is 4.74 Å². The zero-order valence-electron chi connectivity index (χ0n) is 7.97. The lowest BCUT2D eigenvalue weighted by molar-refractivity contribution is 0.183. The standard InChI is InChI=1S/C8H14N4O/c1-6(2)8-9-10-11-12(8)7-3-4-13-5-7/h6-7H,3-5H2,1-2H3. The second-order valence-corrected chi connectivity index (χ2v) is 3.65. The Morgan fingerprint density at radius 2 is 2.38 bits per heavy atom. The highest BCUT2D eigenvalue weighted by molar-refractivity contribution is 4.91. The first-order chi connectivity index (χ1) is 6.29. The van der Waals surface area contributed by atoms with Crippen molar-refractivity contribution in [3.63, 3.8) is 0 Å². The number of hydrogen-bond donors (Lipinski definition) is 0. The van der Waals surface area contributed by atoms with E-state index < -0.39 is 0 Å². The Morgan fingerprint density at radius 1 is 1.54 bits per heavy atom. The fraction of sp³-hybridized carbons (Fsp3) is 0.875. The number of rotatable bonds is 2. The van der Waals surface area contributed by atoms with Crippen LogP contribution in [0.2, 0.25) is 0 Å². The van der Waals surface area contributed by atoms with Gasteiger partial charge in [-0.25, -0.2) is 4.68 Å². The fourth-order valence-electron chi connectivity index (χ4n) is 1.56. The van der Waals surface area contributed by atoms with E-state index in [0.29, 0.717) is 12.0 Å². The summed E-state index contributed by atoms with van der Waals surface area (Å²) in [6.45, 7) is 5.75. The lowest BCUT2D eigenvalue weighted by atomic mass is 10.2. The number of tetrazole rings is 1. The van der Waals surface area contributed by atoms with Crippen molar-refractivity contribution in [1.82, 2.24) is 20.2 Å². The van der Waals surface area contributed by atoms with Crippen LogP contribution in [-0.2, 0) is 4.74 Å². The molecule has 1 aromatic heterocycles. The SMILES string of the molecule is CC(C)c1nnnn1C1CCOC1. The second kappa shape index (κ2) is 3.41. The molecule has 13 heavy (non-hydrogen) atoms. The molecule has 1 aromatic rings. The molecule has 1 aliphatic heterocycles. The van der Waals surface area contributed by atoms with Crippen molar-refractivity contribution in [2.45, 2.75) is 32.2 Å². The predicted octanol–water partition coefficient (Wildman–Crippen LogP) is 0.758. The minimum absolute atomic E-state index is 0.340. The summed E-state index contributed by atoms with van der Waals surface area (Å²) < 4.78 is 7.20. The van der Waals surface area contributed by atoms with Gasteiger partial charge >= 0.3 is 0 Å². The molecule has 0 aliphatic carbocycles. The van der Waals surface area contributed by atoms with Gasteiger partial charge in [-0.05, 0) is 16.8 Å². The largest absolute Gasteiger partial charge is 0.379 e. The summed E-state index contributed by atoms with van der Waals surface area (Å²) in [6, 6.07) is 0.340. The Hall–Kier alpha value is -0.970. The summed E-state index contributed by atoms with van der Waals surface area (Å²) in [7, 11) is 0. The van der Waals surface area contributed by atoms with Crippen LogP contribution in [0.15, 0.2) is 0 Å². The average Bonchev–Trinajstić information content (AvgIpc) is 2.74. The van der Waals surface area contributed by atoms with Crippen LogP contribution in [0, 0.1) is 0 Å². The summed E-state index contributed by atoms with van der Waals surface area (Å²) in [6.07, 6.45) is 1.02. The zero-order chi connectivity index (χ0) is 9.26. The van der Waals surface area contributed by atoms with Gasteiger partial charge in [-0.3, -0.25) is 0 Å². The van der Waals surface area contributed by atoms with Crippen LogP contribution < -0.4 is 0 Å². The molecule has 5 nitrogen and oxygen atoms in total. The van der Waals surface area contributed by atoms with E-state index in [0.717, 1.165) is 25.5 Å². The molecule has 72 valence electrons. The Kier molecular flexibility index (Phi) is 2.26. The Balaban J connectivity index is 2.23. The molecule has 1 unspecified atom stereocenters. The third-order valence-corrected chi connectivity index (χ3v) is 2.29. The normalized spacial score (nSPS) is 22.8. The molecule has 1 aliphatic rings. The molecular formula is C8H14N4O. The van der Waals surface area contributed by atoms with Crippen molar-refractivity contribution in [1.29, 1.82) is 0 Å². The van der Waals surface area contributed by atoms with Gasteiger partial charge in [0.2, 0.25) is 0 Å². The third-order valence-electron chi connectivity index (χ3n) is 2.29. The highest BCUT2D eigenvalue weighted by Gasteiger charge is 2.22. The summed E-state index contributed by atoms with van der Waals surface area (Å²) >= 11 is 0. The molecule has 0 bridgehead atoms. The van der Waals surface area contributed by atoms with Crippen LogP contribution in [-0.4, -0.2) is 33.4 Å². The van der Waals surface area contributed by atoms with E-state index in [1.54, 1.807) is 0 Å². The van der Waals surface area contributed by atoms with Gasteiger partial charge in [-0.1, -0.05) is 13.8 Å². The molecule has 0 N–H and O–H groups in total. The monoisotopic (exact) mass is 182 g/mol. The minimum Gasteiger partial charge on any atom is -0.379 e. The Labute approximate surface area is 77.1 Å². The molecule has 0 amide bonds. The molecule has 1 atom stereocenters. The van der Waals surface area contributed by atoms with Gasteiger partial charge in [0.25, 0.3) is 0 Å². The first kappa shape index (κ1) is 8.62. The maximum atomic E-state index is 5.30. The summed E-state index contributed by atoms with van der Waals surface area (Å²) in [5, 5.41) is 11.7. The molecule has 2 rings (SSSR count). The molecule has 1 fully saturated rings. The highest BCUT2D eigenvalue weighted by Crippen LogP contribution is 2.21. The average molecular weight is 182 g/mol. The summed E-state index contributed by atoms with van der Waals surface area (Å²) in [4.78, 5) is 0. The molecule has 0 aromatic carbocycles. The Bertz CT molecular complexity index is 277. The lowest BCUT2D eigenvalue weighted by Crippen LogP contribution is -2.14. The van der Waals surface area contributed by atoms with E-state index in [9.17, 15) is 0 Å². The maximum absolute atomic E-state index is 5.30. The van der Waals surface area contributed by atoms with Gasteiger partial charge in [-0.15, -0.1) is 5.10 Å². The van der Waals surface area contributed by atoms with E-state index in [-0.39, 0.29) is 0 Å². The van der Waals surface area contributed by atoms with Crippen LogP contribution in [0.1, 0.15) is 38.1 Å². The zero-order valence-corrected chi connectivity index (χ0v) is 7.97. The number of nitrogens with zero attached hydrogens (tertiary/aromatic N) is 4. The summed E-state index contributed by atoms with van der Waals surface area (Å²) in [5.41, 5.74) is 0. The van der Waals surface area contributed by atoms with Crippen molar-refractivity contribution in [3.05, 3.63) is 5.82 Å². The van der Waals surface area contributed by atoms with Crippen LogP contribution >= 0.6 is 0 Å². The Morgan fingerprint density at radius 3 is 3.00 bits per heavy atom. The van der Waals surface area contributed by atoms with E-state index in [1.807, 2.05) is 4.68 Å². The van der Waals surface area contributed by atoms with Gasteiger partial charge in [0.05, 0.1) is 12.6 Å². The van der Waals surface area contributed by atoms with Gasteiger partial charge < -0.3 is 4.74 Å². The fourth-order valence-corrected chi connectivity index (χ4v) is 1.56. The maximum Gasteiger partial charge on any atom is 0.154 e. The molecule has 1 saturated heterocycles. The minimum atomic E-state index is 0.340. The van der Waals surface area contributed by atoms with Gasteiger partial charge in [0.15, 0.2) is 5.82 Å². The second-order valence-electron chi connectivity index (χ2n) is 3.65. The van der Waals surface area contributed by atoms with E-state index >= 15 is 0 Å². The molecule has 5 heteroatoms. The molecular weight excluding hydrogens is 168 g/mol. The molecule has 0 radical (unpaired) electrons. The van der Waals surface area contributed by atoms with Crippen LogP contribution in [0.5, 0.6) is 0 Å². The first-order valence-electron chi connectivity index (χ1n) is 4.64. The van der Waals surface area contributed by atoms with Crippen molar-refractivity contribution < 1.29 is 4.74 Å². The van der Waals surface area contributed by atoms with Gasteiger partial charge in [0.1, 0.15) is 0 Å². The lowest BCUT2D eigenvalue weighted by Gasteiger charge is -2.11. The molecule has 0 saturated carbocycles. The van der Waals surface area contributed by atoms with E-state index in [2.05, 4.69) is 29.4 Å². The first-order valence-corrected chi connectivity index (χ1v) is 4.64. The smallest absolute Gasteiger partial charge is 0.154 e. The van der Waals surface area contributed by atoms with Crippen molar-refractivity contribution >= 4 is 0 Å². The molecule has 0 spiro atoms. The van der Waals surface area contributed by atoms with Crippen LogP contribution in [0.25, 0.3) is 0 Å². The van der Waals surface area contributed by atoms with Crippen LogP contribution in [0.3, 0.4) is 0 Å². The topological polar surface area (TPSA) is 52.8 Å². The predicted molar refractivity (Wildman–Crippen MR) is 46.4 cm³/mol. The van der Waals surface area contributed by atoms with Crippen molar-refractivity contribution in [2.75, 3.05) is 13.2 Å². The highest BCUT2D eigenvalue weighted by atomic mass is 16.5. The van der Waals surface area contributed by atoms with Gasteiger partial charge in [-0.2, -0.15) is 0 Å². The third kappa shape index (κ3) is 1.56. The number of aromatic nitrogens is 4. The van der Waals surface area contributed by atoms with Gasteiger partial charge in [0, 0.05) is 12.5 Å². The number of ether oxygens (including phenoxy) is 1. The van der Waals surface area contributed by atoms with Crippen LogP contribution in [0.4, 0.5) is 0 Å².